The highest BCUT2D eigenvalue weighted by molar-refractivity contribution is 8.77. The minimum Gasteiger partial charge on any atom is -0.504 e. The zero-order valence-electron chi connectivity index (χ0n) is 18.4. The van der Waals surface area contributed by atoms with E-state index in [1.165, 1.54) is 49.1 Å². The molecule has 7 atom stereocenters. The predicted octanol–water partition coefficient (Wildman–Crippen LogP) is -0.0624. The fraction of sp³-hybridized carbons (Fsp3) is 0.524. The maximum atomic E-state index is 13.7. The van der Waals surface area contributed by atoms with Crippen LogP contribution in [0.4, 0.5) is 0 Å². The summed E-state index contributed by atoms with van der Waals surface area (Å²) in [5.41, 5.74) is -1.66. The van der Waals surface area contributed by atoms with E-state index >= 15 is 0 Å². The Hall–Kier alpha value is -2.16. The van der Waals surface area contributed by atoms with Gasteiger partial charge in [-0.05, 0) is 6.07 Å². The Bertz CT molecular complexity index is 1090. The normalized spacial score (nSPS) is 38.9. The molecule has 2 bridgehead atoms. The number of likely N-dealkylation sites (N-methyl/N-ethyl adjacent to an activating group) is 1. The minimum atomic E-state index is -2.01. The van der Waals surface area contributed by atoms with Crippen molar-refractivity contribution in [3.63, 3.8) is 0 Å². The van der Waals surface area contributed by atoms with Gasteiger partial charge in [0.05, 0.1) is 19.5 Å². The quantitative estimate of drug-likeness (QED) is 0.319. The van der Waals surface area contributed by atoms with Crippen molar-refractivity contribution in [3.05, 3.63) is 29.8 Å². The molecule has 34 heavy (non-hydrogen) atoms. The van der Waals surface area contributed by atoms with Gasteiger partial charge >= 0.3 is 0 Å². The second kappa shape index (κ2) is 7.93. The zero-order valence-corrected chi connectivity index (χ0v) is 20.1. The Balaban J connectivity index is 1.61. The van der Waals surface area contributed by atoms with Gasteiger partial charge in [-0.25, -0.2) is 0 Å². The number of phenols is 1. The average molecular weight is 513 g/mol. The van der Waals surface area contributed by atoms with Gasteiger partial charge in [-0.3, -0.25) is 14.4 Å². The second-order valence-corrected chi connectivity index (χ2v) is 11.3. The van der Waals surface area contributed by atoms with Gasteiger partial charge in [-0.15, -0.1) is 0 Å². The van der Waals surface area contributed by atoms with Crippen molar-refractivity contribution in [1.29, 1.82) is 0 Å². The third-order valence-corrected chi connectivity index (χ3v) is 10.1. The first kappa shape index (κ1) is 23.6. The first-order chi connectivity index (χ1) is 16.1. The number of hydrogen-bond acceptors (Lipinski definition) is 11. The second-order valence-electron chi connectivity index (χ2n) is 8.63. The highest BCUT2D eigenvalue weighted by Crippen LogP contribution is 2.62. The molecule has 4 heterocycles. The number of carbonyl (C=O) groups is 2. The molecule has 4 fully saturated rings. The van der Waals surface area contributed by atoms with Crippen LogP contribution >= 0.6 is 21.6 Å². The summed E-state index contributed by atoms with van der Waals surface area (Å²) in [4.78, 5) is 32.8. The molecule has 1 aliphatic carbocycles. The van der Waals surface area contributed by atoms with Crippen molar-refractivity contribution in [3.8, 4) is 17.2 Å². The molecule has 1 aromatic rings. The number of aromatic hydroxyl groups is 1. The summed E-state index contributed by atoms with van der Waals surface area (Å²) in [7, 11) is 6.47. The van der Waals surface area contributed by atoms with E-state index in [1.807, 2.05) is 0 Å². The van der Waals surface area contributed by atoms with Crippen molar-refractivity contribution < 1.29 is 44.3 Å². The fourth-order valence-electron chi connectivity index (χ4n) is 5.04. The van der Waals surface area contributed by atoms with Crippen LogP contribution < -0.4 is 9.47 Å². The summed E-state index contributed by atoms with van der Waals surface area (Å²) < 4.78 is 10.5. The number of carbonyl (C=O) groups excluding carboxylic acids is 2. The molecule has 5 aliphatic rings. The molecule has 0 unspecified atom stereocenters. The van der Waals surface area contributed by atoms with Gasteiger partial charge in [-0.1, -0.05) is 39.8 Å². The number of benzene rings is 1. The molecule has 13 heteroatoms. The lowest BCUT2D eigenvalue weighted by molar-refractivity contribution is -0.329. The average Bonchev–Trinajstić information content (AvgIpc) is 3.00. The van der Waals surface area contributed by atoms with E-state index < -0.39 is 51.9 Å². The first-order valence-corrected chi connectivity index (χ1v) is 12.6. The SMILES string of the molecule is COc1ccc([C@@H]2SS[C@@]34C[C@]5(O)[C@H](O)C=C[C@@H](O)[C@@H]5ON3C(=O)[C@@H]2N(C)C4=O)c(O)c1OC. The number of methoxy groups -OCH3 is 2. The molecule has 0 saturated carbocycles. The van der Waals surface area contributed by atoms with Crippen LogP contribution in [0.2, 0.25) is 0 Å². The largest absolute Gasteiger partial charge is 0.504 e. The van der Waals surface area contributed by atoms with Crippen LogP contribution in [0.15, 0.2) is 24.3 Å². The molecule has 4 saturated heterocycles. The van der Waals surface area contributed by atoms with Crippen molar-refractivity contribution in [2.75, 3.05) is 21.3 Å². The van der Waals surface area contributed by atoms with Crippen LogP contribution in [-0.4, -0.2) is 98.3 Å². The van der Waals surface area contributed by atoms with E-state index in [0.29, 0.717) is 11.3 Å². The van der Waals surface area contributed by atoms with Gasteiger partial charge in [0.2, 0.25) is 10.6 Å². The summed E-state index contributed by atoms with van der Waals surface area (Å²) in [6.45, 7) is 0. The van der Waals surface area contributed by atoms with E-state index in [4.69, 9.17) is 14.3 Å². The minimum absolute atomic E-state index is 0.0932. The van der Waals surface area contributed by atoms with Gasteiger partial charge in [0.1, 0.15) is 30.0 Å². The molecule has 0 radical (unpaired) electrons. The third kappa shape index (κ3) is 2.94. The van der Waals surface area contributed by atoms with Crippen molar-refractivity contribution in [2.24, 2.45) is 0 Å². The lowest BCUT2D eigenvalue weighted by Gasteiger charge is -2.57. The van der Waals surface area contributed by atoms with Crippen LogP contribution in [0.3, 0.4) is 0 Å². The Morgan fingerprint density at radius 1 is 1.18 bits per heavy atom. The van der Waals surface area contributed by atoms with Gasteiger partial charge in [-0.2, -0.15) is 5.06 Å². The number of amides is 2. The zero-order chi connectivity index (χ0) is 24.6. The summed E-state index contributed by atoms with van der Waals surface area (Å²) in [6.07, 6.45) is -1.89. The van der Waals surface area contributed by atoms with Crippen LogP contribution in [0.5, 0.6) is 17.2 Å². The molecular weight excluding hydrogens is 488 g/mol. The number of aliphatic hydroxyl groups is 3. The molecule has 1 aromatic carbocycles. The molecule has 184 valence electrons. The Labute approximate surface area is 202 Å². The third-order valence-electron chi connectivity index (χ3n) is 6.83. The highest BCUT2D eigenvalue weighted by Gasteiger charge is 2.70. The predicted molar refractivity (Wildman–Crippen MR) is 121 cm³/mol. The van der Waals surface area contributed by atoms with E-state index in [1.54, 1.807) is 12.1 Å². The number of aliphatic hydroxyl groups excluding tert-OH is 2. The van der Waals surface area contributed by atoms with Crippen molar-refractivity contribution in [1.82, 2.24) is 9.96 Å². The number of rotatable bonds is 3. The maximum Gasteiger partial charge on any atom is 0.272 e. The molecule has 4 aliphatic heterocycles. The smallest absolute Gasteiger partial charge is 0.272 e. The van der Waals surface area contributed by atoms with Gasteiger partial charge in [0.15, 0.2) is 11.5 Å². The molecule has 6 rings (SSSR count). The molecule has 4 N–H and O–H groups in total. The van der Waals surface area contributed by atoms with Crippen LogP contribution in [0.1, 0.15) is 17.2 Å². The molecule has 11 nitrogen and oxygen atoms in total. The first-order valence-electron chi connectivity index (χ1n) is 10.4. The number of ether oxygens (including phenoxy) is 2. The lowest BCUT2D eigenvalue weighted by Crippen LogP contribution is -2.77. The fourth-order valence-corrected chi connectivity index (χ4v) is 8.71. The number of hydroxylamine groups is 2. The van der Waals surface area contributed by atoms with Crippen LogP contribution in [-0.2, 0) is 14.4 Å². The Morgan fingerprint density at radius 2 is 1.91 bits per heavy atom. The van der Waals surface area contributed by atoms with Crippen molar-refractivity contribution >= 4 is 33.4 Å². The monoisotopic (exact) mass is 512 g/mol. The molecule has 2 amide bonds. The lowest BCUT2D eigenvalue weighted by atomic mass is 9.75. The summed E-state index contributed by atoms with van der Waals surface area (Å²) in [5, 5.41) is 43.4. The Morgan fingerprint density at radius 3 is 2.59 bits per heavy atom. The van der Waals surface area contributed by atoms with E-state index in [2.05, 4.69) is 0 Å². The van der Waals surface area contributed by atoms with Crippen molar-refractivity contribution in [2.45, 2.75) is 46.5 Å². The van der Waals surface area contributed by atoms with E-state index in [0.717, 1.165) is 15.9 Å². The molecule has 1 spiro atoms. The maximum absolute atomic E-state index is 13.7. The van der Waals surface area contributed by atoms with E-state index in [9.17, 15) is 30.0 Å². The van der Waals surface area contributed by atoms with Gasteiger partial charge < -0.3 is 34.8 Å². The highest BCUT2D eigenvalue weighted by atomic mass is 33.1. The summed E-state index contributed by atoms with van der Waals surface area (Å²) in [5.74, 6) is -0.901. The number of phenolic OH excluding ortho intramolecular Hbond substituents is 1. The topological polar surface area (TPSA) is 149 Å². The summed E-state index contributed by atoms with van der Waals surface area (Å²) >= 11 is 0. The van der Waals surface area contributed by atoms with Crippen LogP contribution in [0.25, 0.3) is 0 Å². The van der Waals surface area contributed by atoms with E-state index in [-0.39, 0.29) is 17.9 Å². The molecule has 0 aromatic heterocycles. The molecular formula is C21H24N2O9S2. The number of fused-ring (bicyclic) bond motifs is 4. The summed E-state index contributed by atoms with van der Waals surface area (Å²) in [6, 6.07) is 2.14. The standard InChI is InChI=1S/C21H24N2O9S2/c1-22-13-16(9-4-6-11(30-2)15(31-3)14(9)26)33-34-21(19(22)28)8-20(29)12(25)7-5-10(24)17(20)32-23(21)18(13)27/h4-7,10,12-13,16-17,24-26,29H,8H2,1-3H3/t10-,12-,13-,16+,17+,20+,21-/m1/s1. The van der Waals surface area contributed by atoms with Gasteiger partial charge in [0, 0.05) is 19.0 Å². The number of nitrogens with zero attached hydrogens (tertiary/aromatic N) is 2. The van der Waals surface area contributed by atoms with Crippen LogP contribution in [0, 0.1) is 0 Å². The van der Waals surface area contributed by atoms with Gasteiger partial charge in [0.25, 0.3) is 11.8 Å². The number of piperazine rings is 1. The Kier molecular flexibility index (Phi) is 5.50. The number of hydrogen-bond donors (Lipinski definition) is 4.